The highest BCUT2D eigenvalue weighted by Gasteiger charge is 2.41. The van der Waals surface area contributed by atoms with Crippen molar-refractivity contribution < 1.29 is 5.11 Å². The summed E-state index contributed by atoms with van der Waals surface area (Å²) in [5, 5.41) is 13.0. The molecule has 1 unspecified atom stereocenters. The van der Waals surface area contributed by atoms with E-state index >= 15 is 0 Å². The van der Waals surface area contributed by atoms with Gasteiger partial charge in [0, 0.05) is 10.3 Å². The smallest absolute Gasteiger partial charge is 0.0978 e. The average Bonchev–Trinajstić information content (AvgIpc) is 3.02. The maximum atomic E-state index is 10.9. The third-order valence-electron chi connectivity index (χ3n) is 4.43. The van der Waals surface area contributed by atoms with E-state index in [-0.39, 0.29) is 11.5 Å². The Bertz CT molecular complexity index is 497. The van der Waals surface area contributed by atoms with Crippen LogP contribution in [0.25, 0.3) is 0 Å². The van der Waals surface area contributed by atoms with E-state index in [4.69, 9.17) is 0 Å². The molecule has 3 rings (SSSR count). The highest BCUT2D eigenvalue weighted by Crippen LogP contribution is 2.48. The molecule has 1 aliphatic rings. The molecule has 1 atom stereocenters. The number of hydrogen-bond acceptors (Lipinski definition) is 2. The predicted octanol–water partition coefficient (Wildman–Crippen LogP) is 4.68. The SMILES string of the molecule is OC(c1cccs1)C1(c2ccccc2)CCCCC1. The van der Waals surface area contributed by atoms with E-state index in [2.05, 4.69) is 41.8 Å². The molecule has 1 fully saturated rings. The van der Waals surface area contributed by atoms with E-state index in [1.54, 1.807) is 11.3 Å². The van der Waals surface area contributed by atoms with Gasteiger partial charge < -0.3 is 5.11 Å². The van der Waals surface area contributed by atoms with Crippen LogP contribution in [0.2, 0.25) is 0 Å². The normalized spacial score (nSPS) is 20.1. The van der Waals surface area contributed by atoms with Gasteiger partial charge in [-0.25, -0.2) is 0 Å². The zero-order chi connectivity index (χ0) is 13.1. The van der Waals surface area contributed by atoms with Crippen molar-refractivity contribution in [1.82, 2.24) is 0 Å². The molecule has 2 heteroatoms. The molecule has 1 N–H and O–H groups in total. The van der Waals surface area contributed by atoms with Crippen LogP contribution >= 0.6 is 11.3 Å². The summed E-state index contributed by atoms with van der Waals surface area (Å²) in [6.07, 6.45) is 5.56. The predicted molar refractivity (Wildman–Crippen MR) is 80.5 cm³/mol. The van der Waals surface area contributed by atoms with E-state index in [1.165, 1.54) is 24.8 Å². The molecule has 1 nitrogen and oxygen atoms in total. The first-order chi connectivity index (χ1) is 9.33. The van der Waals surface area contributed by atoms with E-state index < -0.39 is 0 Å². The molecule has 1 aromatic heterocycles. The van der Waals surface area contributed by atoms with Gasteiger partial charge in [-0.15, -0.1) is 11.3 Å². The first-order valence-corrected chi connectivity index (χ1v) is 7.98. The minimum atomic E-state index is -0.366. The number of rotatable bonds is 3. The van der Waals surface area contributed by atoms with Crippen molar-refractivity contribution in [3.63, 3.8) is 0 Å². The molecule has 2 aromatic rings. The Morgan fingerprint density at radius 3 is 2.32 bits per heavy atom. The van der Waals surface area contributed by atoms with Gasteiger partial charge >= 0.3 is 0 Å². The molecule has 0 bridgehead atoms. The lowest BCUT2D eigenvalue weighted by atomic mass is 9.65. The van der Waals surface area contributed by atoms with Gasteiger partial charge in [0.25, 0.3) is 0 Å². The Labute approximate surface area is 118 Å². The van der Waals surface area contributed by atoms with Crippen LogP contribution in [0.3, 0.4) is 0 Å². The van der Waals surface area contributed by atoms with Crippen LogP contribution < -0.4 is 0 Å². The van der Waals surface area contributed by atoms with Crippen LogP contribution in [-0.4, -0.2) is 5.11 Å². The molecule has 1 saturated carbocycles. The Morgan fingerprint density at radius 2 is 1.68 bits per heavy atom. The van der Waals surface area contributed by atoms with E-state index in [9.17, 15) is 5.11 Å². The summed E-state index contributed by atoms with van der Waals surface area (Å²) in [6.45, 7) is 0. The lowest BCUT2D eigenvalue weighted by molar-refractivity contribution is 0.0556. The molecule has 100 valence electrons. The average molecular weight is 272 g/mol. The van der Waals surface area contributed by atoms with E-state index in [0.717, 1.165) is 17.7 Å². The molecule has 0 aliphatic heterocycles. The lowest BCUT2D eigenvalue weighted by Gasteiger charge is -2.41. The maximum absolute atomic E-state index is 10.9. The van der Waals surface area contributed by atoms with Crippen molar-refractivity contribution in [2.45, 2.75) is 43.6 Å². The summed E-state index contributed by atoms with van der Waals surface area (Å²) in [7, 11) is 0. The van der Waals surface area contributed by atoms with Crippen LogP contribution in [0.5, 0.6) is 0 Å². The third-order valence-corrected chi connectivity index (χ3v) is 5.36. The monoisotopic (exact) mass is 272 g/mol. The topological polar surface area (TPSA) is 20.2 Å². The standard InChI is InChI=1S/C17H20OS/c18-16(15-10-7-13-19-15)17(11-5-2-6-12-17)14-8-3-1-4-9-14/h1,3-4,7-10,13,16,18H,2,5-6,11-12H2. The Balaban J connectivity index is 2.02. The first-order valence-electron chi connectivity index (χ1n) is 7.10. The van der Waals surface area contributed by atoms with Gasteiger partial charge in [0.2, 0.25) is 0 Å². The summed E-state index contributed by atoms with van der Waals surface area (Å²) >= 11 is 1.67. The third kappa shape index (κ3) is 2.35. The van der Waals surface area contributed by atoms with Crippen molar-refractivity contribution >= 4 is 11.3 Å². The minimum Gasteiger partial charge on any atom is -0.387 e. The Hall–Kier alpha value is -1.12. The van der Waals surface area contributed by atoms with E-state index in [1.807, 2.05) is 6.07 Å². The van der Waals surface area contributed by atoms with Crippen molar-refractivity contribution in [2.75, 3.05) is 0 Å². The fourth-order valence-electron chi connectivity index (χ4n) is 3.39. The molecule has 1 aliphatic carbocycles. The number of aliphatic hydroxyl groups excluding tert-OH is 1. The van der Waals surface area contributed by atoms with Gasteiger partial charge in [-0.1, -0.05) is 55.7 Å². The van der Waals surface area contributed by atoms with Gasteiger partial charge in [0.05, 0.1) is 6.10 Å². The summed E-state index contributed by atoms with van der Waals surface area (Å²) in [6, 6.07) is 14.7. The number of aliphatic hydroxyl groups is 1. The highest BCUT2D eigenvalue weighted by atomic mass is 32.1. The summed E-state index contributed by atoms with van der Waals surface area (Å²) in [4.78, 5) is 1.10. The molecule has 1 heterocycles. The number of thiophene rings is 1. The first kappa shape index (κ1) is 12.9. The fourth-order valence-corrected chi connectivity index (χ4v) is 4.22. The van der Waals surface area contributed by atoms with Crippen molar-refractivity contribution in [2.24, 2.45) is 0 Å². The van der Waals surface area contributed by atoms with Crippen LogP contribution in [0, 0.1) is 0 Å². The van der Waals surface area contributed by atoms with Crippen molar-refractivity contribution in [3.05, 3.63) is 58.3 Å². The quantitative estimate of drug-likeness (QED) is 0.860. The van der Waals surface area contributed by atoms with E-state index in [0.29, 0.717) is 0 Å². The van der Waals surface area contributed by atoms with Crippen molar-refractivity contribution in [1.29, 1.82) is 0 Å². The van der Waals surface area contributed by atoms with Gasteiger partial charge in [0.1, 0.15) is 0 Å². The summed E-state index contributed by atoms with van der Waals surface area (Å²) < 4.78 is 0. The number of hydrogen-bond donors (Lipinski definition) is 1. The largest absolute Gasteiger partial charge is 0.387 e. The molecule has 19 heavy (non-hydrogen) atoms. The maximum Gasteiger partial charge on any atom is 0.0978 e. The van der Waals surface area contributed by atoms with Crippen LogP contribution in [-0.2, 0) is 5.41 Å². The van der Waals surface area contributed by atoms with Crippen LogP contribution in [0.1, 0.15) is 48.6 Å². The fraction of sp³-hybridized carbons (Fsp3) is 0.412. The van der Waals surface area contributed by atoms with Crippen molar-refractivity contribution in [3.8, 4) is 0 Å². The van der Waals surface area contributed by atoms with Crippen LogP contribution in [0.4, 0.5) is 0 Å². The molecular weight excluding hydrogens is 252 g/mol. The Kier molecular flexibility index (Phi) is 3.72. The highest BCUT2D eigenvalue weighted by molar-refractivity contribution is 7.10. The molecule has 1 aromatic carbocycles. The second kappa shape index (κ2) is 5.48. The zero-order valence-electron chi connectivity index (χ0n) is 11.1. The second-order valence-electron chi connectivity index (χ2n) is 5.50. The lowest BCUT2D eigenvalue weighted by Crippen LogP contribution is -2.35. The Morgan fingerprint density at radius 1 is 0.947 bits per heavy atom. The summed E-state index contributed by atoms with van der Waals surface area (Å²) in [5.41, 5.74) is 1.22. The molecule has 0 radical (unpaired) electrons. The second-order valence-corrected chi connectivity index (χ2v) is 6.48. The molecular formula is C17H20OS. The number of benzene rings is 1. The molecule has 0 amide bonds. The zero-order valence-corrected chi connectivity index (χ0v) is 11.9. The van der Waals surface area contributed by atoms with Gasteiger partial charge in [-0.05, 0) is 29.9 Å². The molecule has 0 saturated heterocycles. The van der Waals surface area contributed by atoms with Gasteiger partial charge in [0.15, 0.2) is 0 Å². The van der Waals surface area contributed by atoms with Crippen LogP contribution in [0.15, 0.2) is 47.8 Å². The summed E-state index contributed by atoms with van der Waals surface area (Å²) in [5.74, 6) is 0. The van der Waals surface area contributed by atoms with Gasteiger partial charge in [-0.3, -0.25) is 0 Å². The molecule has 0 spiro atoms. The minimum absolute atomic E-state index is 0.0790. The van der Waals surface area contributed by atoms with Gasteiger partial charge in [-0.2, -0.15) is 0 Å².